The Morgan fingerprint density at radius 3 is 2.53 bits per heavy atom. The maximum absolute atomic E-state index is 9.71. The minimum Gasteiger partial charge on any atom is -0.389 e. The Morgan fingerprint density at radius 2 is 1.93 bits per heavy atom. The third-order valence-electron chi connectivity index (χ3n) is 2.72. The minimum absolute atomic E-state index is 0.333. The van der Waals surface area contributed by atoms with Gasteiger partial charge in [0.15, 0.2) is 0 Å². The van der Waals surface area contributed by atoms with Crippen molar-refractivity contribution < 1.29 is 9.84 Å². The van der Waals surface area contributed by atoms with Gasteiger partial charge in [0.25, 0.3) is 0 Å². The van der Waals surface area contributed by atoms with Crippen LogP contribution in [0.1, 0.15) is 13.3 Å². The molecule has 1 rings (SSSR count). The highest BCUT2D eigenvalue weighted by Crippen LogP contribution is 2.00. The molecule has 15 heavy (non-hydrogen) atoms. The first-order valence-corrected chi connectivity index (χ1v) is 5.89. The van der Waals surface area contributed by atoms with Crippen molar-refractivity contribution in [2.24, 2.45) is 0 Å². The highest BCUT2D eigenvalue weighted by Gasteiger charge is 2.16. The topological polar surface area (TPSA) is 35.9 Å². The van der Waals surface area contributed by atoms with Gasteiger partial charge in [0.1, 0.15) is 0 Å². The fourth-order valence-corrected chi connectivity index (χ4v) is 1.74. The van der Waals surface area contributed by atoms with E-state index >= 15 is 0 Å². The summed E-state index contributed by atoms with van der Waals surface area (Å²) in [5.41, 5.74) is 0. The molecule has 0 aromatic carbocycles. The highest BCUT2D eigenvalue weighted by atomic mass is 16.5. The number of rotatable bonds is 6. The number of aliphatic hydroxyl groups is 1. The van der Waals surface area contributed by atoms with Gasteiger partial charge in [-0.1, -0.05) is 6.92 Å². The maximum atomic E-state index is 9.71. The predicted molar refractivity (Wildman–Crippen MR) is 61.1 cm³/mol. The highest BCUT2D eigenvalue weighted by molar-refractivity contribution is 4.71. The number of likely N-dealkylation sites (N-methyl/N-ethyl adjacent to an activating group) is 1. The Hall–Kier alpha value is -0.160. The van der Waals surface area contributed by atoms with Gasteiger partial charge in [0, 0.05) is 39.3 Å². The van der Waals surface area contributed by atoms with Crippen molar-refractivity contribution in [1.29, 1.82) is 0 Å². The van der Waals surface area contributed by atoms with Crippen molar-refractivity contribution in [3.8, 4) is 0 Å². The van der Waals surface area contributed by atoms with Crippen LogP contribution in [0.5, 0.6) is 0 Å². The Labute approximate surface area is 92.8 Å². The number of nitrogens with zero attached hydrogens (tertiary/aromatic N) is 2. The van der Waals surface area contributed by atoms with Crippen LogP contribution in [0.25, 0.3) is 0 Å². The Morgan fingerprint density at radius 1 is 1.27 bits per heavy atom. The van der Waals surface area contributed by atoms with Gasteiger partial charge in [-0.25, -0.2) is 0 Å². The zero-order valence-corrected chi connectivity index (χ0v) is 9.98. The first-order chi connectivity index (χ1) is 7.22. The van der Waals surface area contributed by atoms with E-state index in [9.17, 15) is 5.11 Å². The van der Waals surface area contributed by atoms with Crippen LogP contribution in [0, 0.1) is 0 Å². The average molecular weight is 216 g/mol. The van der Waals surface area contributed by atoms with Crippen molar-refractivity contribution in [1.82, 2.24) is 9.80 Å². The van der Waals surface area contributed by atoms with Gasteiger partial charge in [-0.3, -0.25) is 4.90 Å². The lowest BCUT2D eigenvalue weighted by molar-refractivity contribution is 0.00912. The van der Waals surface area contributed by atoms with Crippen LogP contribution in [-0.4, -0.2) is 74.0 Å². The molecule has 4 nitrogen and oxygen atoms in total. The zero-order chi connectivity index (χ0) is 11.1. The SMILES string of the molecule is CCCOC[C@@H](O)CN1CCN(C)CC1. The summed E-state index contributed by atoms with van der Waals surface area (Å²) in [5, 5.41) is 9.71. The molecule has 0 aromatic heterocycles. The number of ether oxygens (including phenoxy) is 1. The molecule has 1 aliphatic rings. The molecule has 1 aliphatic heterocycles. The first kappa shape index (κ1) is 12.9. The van der Waals surface area contributed by atoms with Gasteiger partial charge in [-0.15, -0.1) is 0 Å². The normalized spacial score (nSPS) is 21.8. The van der Waals surface area contributed by atoms with E-state index in [-0.39, 0.29) is 6.10 Å². The van der Waals surface area contributed by atoms with Gasteiger partial charge < -0.3 is 14.7 Å². The number of piperazine rings is 1. The molecule has 0 bridgehead atoms. The lowest BCUT2D eigenvalue weighted by Gasteiger charge is -2.33. The summed E-state index contributed by atoms with van der Waals surface area (Å²) >= 11 is 0. The molecule has 0 spiro atoms. The second kappa shape index (κ2) is 7.17. The van der Waals surface area contributed by atoms with Crippen molar-refractivity contribution >= 4 is 0 Å². The van der Waals surface area contributed by atoms with E-state index in [0.29, 0.717) is 6.61 Å². The molecule has 0 amide bonds. The molecular formula is C11H24N2O2. The third-order valence-corrected chi connectivity index (χ3v) is 2.72. The van der Waals surface area contributed by atoms with Crippen LogP contribution >= 0.6 is 0 Å². The number of hydrogen-bond donors (Lipinski definition) is 1. The smallest absolute Gasteiger partial charge is 0.0900 e. The van der Waals surface area contributed by atoms with Gasteiger partial charge >= 0.3 is 0 Å². The summed E-state index contributed by atoms with van der Waals surface area (Å²) < 4.78 is 5.32. The lowest BCUT2D eigenvalue weighted by Crippen LogP contribution is -2.47. The van der Waals surface area contributed by atoms with E-state index < -0.39 is 0 Å². The summed E-state index contributed by atoms with van der Waals surface area (Å²) in [5.74, 6) is 0. The van der Waals surface area contributed by atoms with Crippen LogP contribution in [0.2, 0.25) is 0 Å². The zero-order valence-electron chi connectivity index (χ0n) is 9.98. The van der Waals surface area contributed by atoms with E-state index in [1.165, 1.54) is 0 Å². The summed E-state index contributed by atoms with van der Waals surface area (Å²) in [7, 11) is 2.14. The van der Waals surface area contributed by atoms with E-state index in [2.05, 4.69) is 23.8 Å². The molecule has 0 radical (unpaired) electrons. The van der Waals surface area contributed by atoms with Gasteiger partial charge in [-0.2, -0.15) is 0 Å². The van der Waals surface area contributed by atoms with Gasteiger partial charge in [0.05, 0.1) is 12.7 Å². The quantitative estimate of drug-likeness (QED) is 0.635. The molecular weight excluding hydrogens is 192 g/mol. The molecule has 1 fully saturated rings. The fourth-order valence-electron chi connectivity index (χ4n) is 1.74. The van der Waals surface area contributed by atoms with Gasteiger partial charge in [-0.05, 0) is 13.5 Å². The molecule has 90 valence electrons. The Kier molecular flexibility index (Phi) is 6.17. The van der Waals surface area contributed by atoms with Gasteiger partial charge in [0.2, 0.25) is 0 Å². The monoisotopic (exact) mass is 216 g/mol. The maximum Gasteiger partial charge on any atom is 0.0900 e. The molecule has 0 aromatic rings. The third kappa shape index (κ3) is 5.47. The Balaban J connectivity index is 2.06. The van der Waals surface area contributed by atoms with E-state index in [0.717, 1.165) is 45.8 Å². The van der Waals surface area contributed by atoms with Crippen LogP contribution in [0.4, 0.5) is 0 Å². The molecule has 1 saturated heterocycles. The van der Waals surface area contributed by atoms with Crippen LogP contribution in [-0.2, 0) is 4.74 Å². The fraction of sp³-hybridized carbons (Fsp3) is 1.00. The van der Waals surface area contributed by atoms with Crippen molar-refractivity contribution in [3.63, 3.8) is 0 Å². The van der Waals surface area contributed by atoms with E-state index in [1.807, 2.05) is 0 Å². The summed E-state index contributed by atoms with van der Waals surface area (Å²) in [4.78, 5) is 4.62. The average Bonchev–Trinajstić information content (AvgIpc) is 2.22. The summed E-state index contributed by atoms with van der Waals surface area (Å²) in [6.07, 6.45) is 0.682. The largest absolute Gasteiger partial charge is 0.389 e. The molecule has 1 N–H and O–H groups in total. The number of β-amino-alcohol motifs (C(OH)–C–C–N with tert-alkyl or cyclic N) is 1. The Bertz CT molecular complexity index is 159. The predicted octanol–water partition coefficient (Wildman–Crippen LogP) is 0.0213. The second-order valence-electron chi connectivity index (χ2n) is 4.33. The first-order valence-electron chi connectivity index (χ1n) is 5.89. The summed E-state index contributed by atoms with van der Waals surface area (Å²) in [6, 6.07) is 0. The number of hydrogen-bond acceptors (Lipinski definition) is 4. The van der Waals surface area contributed by atoms with Crippen LogP contribution in [0.3, 0.4) is 0 Å². The van der Waals surface area contributed by atoms with Crippen LogP contribution < -0.4 is 0 Å². The summed E-state index contributed by atoms with van der Waals surface area (Å²) in [6.45, 7) is 8.36. The molecule has 1 atom stereocenters. The van der Waals surface area contributed by atoms with E-state index in [4.69, 9.17) is 4.74 Å². The minimum atomic E-state index is -0.333. The standard InChI is InChI=1S/C11H24N2O2/c1-3-8-15-10-11(14)9-13-6-4-12(2)5-7-13/h11,14H,3-10H2,1-2H3/t11-/m0/s1. The molecule has 0 unspecified atom stereocenters. The molecule has 0 saturated carbocycles. The molecule has 1 heterocycles. The van der Waals surface area contributed by atoms with Crippen molar-refractivity contribution in [2.75, 3.05) is 53.0 Å². The lowest BCUT2D eigenvalue weighted by atomic mass is 10.3. The molecule has 4 heteroatoms. The van der Waals surface area contributed by atoms with E-state index in [1.54, 1.807) is 0 Å². The second-order valence-corrected chi connectivity index (χ2v) is 4.33. The van der Waals surface area contributed by atoms with Crippen molar-refractivity contribution in [3.05, 3.63) is 0 Å². The molecule has 0 aliphatic carbocycles. The number of aliphatic hydroxyl groups excluding tert-OH is 1. The van der Waals surface area contributed by atoms with Crippen LogP contribution in [0.15, 0.2) is 0 Å². The van der Waals surface area contributed by atoms with Crippen molar-refractivity contribution in [2.45, 2.75) is 19.4 Å².